The summed E-state index contributed by atoms with van der Waals surface area (Å²) < 4.78 is 37.8. The number of anilines is 1. The lowest BCUT2D eigenvalue weighted by molar-refractivity contribution is -0.384. The number of nitro benzene ring substituents is 1. The Bertz CT molecular complexity index is 511. The summed E-state index contributed by atoms with van der Waals surface area (Å²) in [6.45, 7) is 0.562. The molecule has 1 aromatic rings. The summed E-state index contributed by atoms with van der Waals surface area (Å²) in [6, 6.07) is 2.60. The zero-order valence-corrected chi connectivity index (χ0v) is 11.4. The van der Waals surface area contributed by atoms with E-state index < -0.39 is 22.4 Å². The number of nitro groups is 1. The van der Waals surface area contributed by atoms with Crippen molar-refractivity contribution in [3.63, 3.8) is 0 Å². The molecule has 116 valence electrons. The summed E-state index contributed by atoms with van der Waals surface area (Å²) >= 11 is 0. The minimum absolute atomic E-state index is 0.151. The summed E-state index contributed by atoms with van der Waals surface area (Å²) in [5.74, 6) is 0.431. The maximum absolute atomic E-state index is 12.6. The molecular weight excluding hydrogens is 285 g/mol. The molecule has 0 atom stereocenters. The van der Waals surface area contributed by atoms with Crippen molar-refractivity contribution in [1.29, 1.82) is 0 Å². The van der Waals surface area contributed by atoms with Gasteiger partial charge in [-0.15, -0.1) is 0 Å². The monoisotopic (exact) mass is 302 g/mol. The van der Waals surface area contributed by atoms with Crippen LogP contribution in [0.25, 0.3) is 0 Å². The largest absolute Gasteiger partial charge is 0.416 e. The first-order valence-electron chi connectivity index (χ1n) is 6.97. The standard InChI is InChI=1S/C14H17F3N2O2/c15-14(16,17)11-6-7-12(13(8-11)19(20)21)18-9-10-4-2-1-3-5-10/h6-8,10,18H,1-5,9H2. The van der Waals surface area contributed by atoms with E-state index in [0.717, 1.165) is 37.8 Å². The molecular formula is C14H17F3N2O2. The van der Waals surface area contributed by atoms with E-state index in [4.69, 9.17) is 0 Å². The fraction of sp³-hybridized carbons (Fsp3) is 0.571. The average molecular weight is 302 g/mol. The van der Waals surface area contributed by atoms with Crippen LogP contribution in [0.1, 0.15) is 37.7 Å². The van der Waals surface area contributed by atoms with E-state index in [1.54, 1.807) is 0 Å². The SMILES string of the molecule is O=[N+]([O-])c1cc(C(F)(F)F)ccc1NCC1CCCCC1. The maximum Gasteiger partial charge on any atom is 0.416 e. The average Bonchev–Trinajstić information content (AvgIpc) is 2.45. The van der Waals surface area contributed by atoms with E-state index >= 15 is 0 Å². The third kappa shape index (κ3) is 4.09. The number of nitrogens with one attached hydrogen (secondary N) is 1. The molecule has 0 aromatic heterocycles. The van der Waals surface area contributed by atoms with Crippen molar-refractivity contribution in [2.45, 2.75) is 38.3 Å². The van der Waals surface area contributed by atoms with Crippen LogP contribution in [0.2, 0.25) is 0 Å². The van der Waals surface area contributed by atoms with Gasteiger partial charge in [0.1, 0.15) is 5.69 Å². The Labute approximate surface area is 120 Å². The molecule has 0 heterocycles. The third-order valence-electron chi connectivity index (χ3n) is 3.83. The van der Waals surface area contributed by atoms with Gasteiger partial charge in [0.15, 0.2) is 0 Å². The first kappa shape index (κ1) is 15.6. The van der Waals surface area contributed by atoms with E-state index in [0.29, 0.717) is 18.5 Å². The van der Waals surface area contributed by atoms with E-state index in [1.807, 2.05) is 0 Å². The van der Waals surface area contributed by atoms with Gasteiger partial charge in [-0.3, -0.25) is 10.1 Å². The Morgan fingerprint density at radius 3 is 2.48 bits per heavy atom. The first-order chi connectivity index (χ1) is 9.88. The smallest absolute Gasteiger partial charge is 0.379 e. The Hall–Kier alpha value is -1.79. The number of benzene rings is 1. The number of alkyl halides is 3. The van der Waals surface area contributed by atoms with Crippen LogP contribution in [-0.2, 0) is 6.18 Å². The summed E-state index contributed by atoms with van der Waals surface area (Å²) in [7, 11) is 0. The molecule has 0 unspecified atom stereocenters. The van der Waals surface area contributed by atoms with Crippen molar-refractivity contribution >= 4 is 11.4 Å². The molecule has 0 spiro atoms. The molecule has 0 aliphatic heterocycles. The van der Waals surface area contributed by atoms with Crippen LogP contribution in [0.4, 0.5) is 24.5 Å². The zero-order valence-electron chi connectivity index (χ0n) is 11.4. The molecule has 1 aliphatic rings. The second-order valence-corrected chi connectivity index (χ2v) is 5.37. The molecule has 1 N–H and O–H groups in total. The lowest BCUT2D eigenvalue weighted by Crippen LogP contribution is -2.18. The highest BCUT2D eigenvalue weighted by atomic mass is 19.4. The lowest BCUT2D eigenvalue weighted by atomic mass is 9.89. The van der Waals surface area contributed by atoms with Crippen molar-refractivity contribution in [3.8, 4) is 0 Å². The highest BCUT2D eigenvalue weighted by Gasteiger charge is 2.33. The fourth-order valence-electron chi connectivity index (χ4n) is 2.65. The van der Waals surface area contributed by atoms with Crippen LogP contribution in [0.5, 0.6) is 0 Å². The van der Waals surface area contributed by atoms with Gasteiger partial charge in [-0.05, 0) is 30.9 Å². The number of halogens is 3. The minimum atomic E-state index is -4.58. The molecule has 4 nitrogen and oxygen atoms in total. The third-order valence-corrected chi connectivity index (χ3v) is 3.83. The van der Waals surface area contributed by atoms with Gasteiger partial charge in [0.2, 0.25) is 0 Å². The molecule has 1 aliphatic carbocycles. The Balaban J connectivity index is 2.12. The topological polar surface area (TPSA) is 55.2 Å². The Morgan fingerprint density at radius 2 is 1.90 bits per heavy atom. The molecule has 1 fully saturated rings. The number of hydrogen-bond donors (Lipinski definition) is 1. The van der Waals surface area contributed by atoms with Gasteiger partial charge in [0, 0.05) is 12.6 Å². The molecule has 7 heteroatoms. The predicted molar refractivity (Wildman–Crippen MR) is 73.2 cm³/mol. The van der Waals surface area contributed by atoms with Crippen LogP contribution < -0.4 is 5.32 Å². The highest BCUT2D eigenvalue weighted by molar-refractivity contribution is 5.63. The molecule has 0 amide bonds. The van der Waals surface area contributed by atoms with Crippen molar-refractivity contribution in [1.82, 2.24) is 0 Å². The second kappa shape index (κ2) is 6.32. The normalized spacial score (nSPS) is 16.7. The van der Waals surface area contributed by atoms with Gasteiger partial charge in [0.25, 0.3) is 5.69 Å². The molecule has 2 rings (SSSR count). The highest BCUT2D eigenvalue weighted by Crippen LogP contribution is 2.35. The lowest BCUT2D eigenvalue weighted by Gasteiger charge is -2.22. The van der Waals surface area contributed by atoms with Crippen LogP contribution in [-0.4, -0.2) is 11.5 Å². The molecule has 0 saturated heterocycles. The molecule has 1 saturated carbocycles. The van der Waals surface area contributed by atoms with Gasteiger partial charge in [-0.2, -0.15) is 13.2 Å². The van der Waals surface area contributed by atoms with Gasteiger partial charge in [-0.25, -0.2) is 0 Å². The number of nitrogens with zero attached hydrogens (tertiary/aromatic N) is 1. The minimum Gasteiger partial charge on any atom is -0.379 e. The van der Waals surface area contributed by atoms with Crippen LogP contribution in [0, 0.1) is 16.0 Å². The molecule has 1 aromatic carbocycles. The first-order valence-corrected chi connectivity index (χ1v) is 6.97. The van der Waals surface area contributed by atoms with Crippen molar-refractivity contribution in [3.05, 3.63) is 33.9 Å². The summed E-state index contributed by atoms with van der Waals surface area (Å²) in [5.41, 5.74) is -1.38. The quantitative estimate of drug-likeness (QED) is 0.653. The predicted octanol–water partition coefficient (Wildman–Crippen LogP) is 4.61. The van der Waals surface area contributed by atoms with E-state index in [9.17, 15) is 23.3 Å². The Morgan fingerprint density at radius 1 is 1.24 bits per heavy atom. The van der Waals surface area contributed by atoms with Gasteiger partial charge in [-0.1, -0.05) is 19.3 Å². The summed E-state index contributed by atoms with van der Waals surface area (Å²) in [4.78, 5) is 10.2. The molecule has 0 radical (unpaired) electrons. The maximum atomic E-state index is 12.6. The van der Waals surface area contributed by atoms with E-state index in [1.165, 1.54) is 6.42 Å². The van der Waals surface area contributed by atoms with Crippen molar-refractivity contribution < 1.29 is 18.1 Å². The van der Waals surface area contributed by atoms with E-state index in [2.05, 4.69) is 5.32 Å². The fourth-order valence-corrected chi connectivity index (χ4v) is 2.65. The number of rotatable bonds is 4. The zero-order chi connectivity index (χ0) is 15.5. The van der Waals surface area contributed by atoms with E-state index in [-0.39, 0.29) is 5.69 Å². The van der Waals surface area contributed by atoms with Gasteiger partial charge in [0.05, 0.1) is 10.5 Å². The van der Waals surface area contributed by atoms with Crippen molar-refractivity contribution in [2.24, 2.45) is 5.92 Å². The van der Waals surface area contributed by atoms with Crippen LogP contribution >= 0.6 is 0 Å². The number of hydrogen-bond acceptors (Lipinski definition) is 3. The Kier molecular flexibility index (Phi) is 4.69. The van der Waals surface area contributed by atoms with Gasteiger partial charge >= 0.3 is 6.18 Å². The second-order valence-electron chi connectivity index (χ2n) is 5.37. The van der Waals surface area contributed by atoms with Crippen LogP contribution in [0.15, 0.2) is 18.2 Å². The summed E-state index contributed by atoms with van der Waals surface area (Å²) in [5, 5.41) is 13.9. The van der Waals surface area contributed by atoms with Gasteiger partial charge < -0.3 is 5.32 Å². The molecule has 0 bridgehead atoms. The van der Waals surface area contributed by atoms with Crippen molar-refractivity contribution in [2.75, 3.05) is 11.9 Å². The molecule has 21 heavy (non-hydrogen) atoms. The summed E-state index contributed by atoms with van der Waals surface area (Å²) in [6.07, 6.45) is 1.02. The van der Waals surface area contributed by atoms with Crippen LogP contribution in [0.3, 0.4) is 0 Å².